The highest BCUT2D eigenvalue weighted by Gasteiger charge is 2.16. The second kappa shape index (κ2) is 9.91. The maximum Gasteiger partial charge on any atom is 0.286 e. The third-order valence-corrected chi connectivity index (χ3v) is 5.46. The van der Waals surface area contributed by atoms with Crippen LogP contribution in [-0.2, 0) is 19.6 Å². The summed E-state index contributed by atoms with van der Waals surface area (Å²) in [6.07, 6.45) is 0. The van der Waals surface area contributed by atoms with Crippen LogP contribution in [0.4, 0.5) is 5.69 Å². The number of nitrogens with one attached hydrogen (secondary N) is 1. The van der Waals surface area contributed by atoms with Crippen LogP contribution in [0, 0.1) is 0 Å². The molecule has 0 aliphatic carbocycles. The summed E-state index contributed by atoms with van der Waals surface area (Å²) in [7, 11) is 0. The van der Waals surface area contributed by atoms with E-state index in [1.165, 1.54) is 22.5 Å². The van der Waals surface area contributed by atoms with Crippen molar-refractivity contribution in [3.8, 4) is 0 Å². The molecule has 6 heteroatoms. The van der Waals surface area contributed by atoms with Gasteiger partial charge in [-0.3, -0.25) is 9.69 Å². The molecule has 0 aliphatic heterocycles. The van der Waals surface area contributed by atoms with Gasteiger partial charge >= 0.3 is 0 Å². The van der Waals surface area contributed by atoms with E-state index in [-0.39, 0.29) is 5.91 Å². The molecule has 0 spiro atoms. The molecule has 0 bridgehead atoms. The van der Waals surface area contributed by atoms with Gasteiger partial charge in [-0.25, -0.2) is 0 Å². The van der Waals surface area contributed by atoms with Gasteiger partial charge in [-0.15, -0.1) is 10.2 Å². The van der Waals surface area contributed by atoms with Gasteiger partial charge in [-0.05, 0) is 23.3 Å². The van der Waals surface area contributed by atoms with Crippen molar-refractivity contribution < 1.29 is 4.79 Å². The van der Waals surface area contributed by atoms with Crippen LogP contribution in [0.15, 0.2) is 91.0 Å². The quantitative estimate of drug-likeness (QED) is 0.441. The van der Waals surface area contributed by atoms with Gasteiger partial charge in [-0.2, -0.15) is 0 Å². The maximum absolute atomic E-state index is 12.5. The van der Waals surface area contributed by atoms with Gasteiger partial charge in [0, 0.05) is 18.8 Å². The van der Waals surface area contributed by atoms with Crippen LogP contribution in [0.25, 0.3) is 0 Å². The van der Waals surface area contributed by atoms with E-state index in [1.807, 2.05) is 66.7 Å². The van der Waals surface area contributed by atoms with E-state index in [1.54, 1.807) is 0 Å². The number of hydrogen-bond acceptors (Lipinski definition) is 5. The van der Waals surface area contributed by atoms with E-state index in [2.05, 4.69) is 44.7 Å². The van der Waals surface area contributed by atoms with E-state index < -0.39 is 0 Å². The number of rotatable bonds is 8. The molecule has 1 aromatic heterocycles. The van der Waals surface area contributed by atoms with E-state index in [0.29, 0.717) is 11.6 Å². The maximum atomic E-state index is 12.5. The highest BCUT2D eigenvalue weighted by molar-refractivity contribution is 7.13. The van der Waals surface area contributed by atoms with Gasteiger partial charge in [0.1, 0.15) is 5.01 Å². The number of carbonyl (C=O) groups is 1. The first-order valence-electron chi connectivity index (χ1n) is 9.75. The van der Waals surface area contributed by atoms with Crippen molar-refractivity contribution in [2.75, 3.05) is 5.32 Å². The summed E-state index contributed by atoms with van der Waals surface area (Å²) in [5.41, 5.74) is 3.22. The first kappa shape index (κ1) is 19.9. The van der Waals surface area contributed by atoms with Gasteiger partial charge in [0.15, 0.2) is 0 Å². The van der Waals surface area contributed by atoms with E-state index in [9.17, 15) is 4.79 Å². The van der Waals surface area contributed by atoms with Gasteiger partial charge in [0.2, 0.25) is 5.01 Å². The average molecular weight is 415 g/mol. The van der Waals surface area contributed by atoms with Crippen LogP contribution < -0.4 is 5.32 Å². The Labute approximate surface area is 180 Å². The van der Waals surface area contributed by atoms with Crippen molar-refractivity contribution in [2.24, 2.45) is 0 Å². The molecule has 30 heavy (non-hydrogen) atoms. The Bertz CT molecular complexity index is 1030. The molecule has 0 aliphatic rings. The third kappa shape index (κ3) is 5.59. The molecule has 1 amide bonds. The molecule has 3 aromatic carbocycles. The number of benzene rings is 3. The second-order valence-electron chi connectivity index (χ2n) is 6.94. The Morgan fingerprint density at radius 3 is 1.83 bits per heavy atom. The molecular formula is C24H22N4OS. The van der Waals surface area contributed by atoms with Gasteiger partial charge < -0.3 is 5.32 Å². The molecule has 150 valence electrons. The third-order valence-electron chi connectivity index (χ3n) is 4.55. The first-order chi connectivity index (χ1) is 14.8. The molecular weight excluding hydrogens is 392 g/mol. The van der Waals surface area contributed by atoms with Crippen molar-refractivity contribution in [2.45, 2.75) is 19.6 Å². The summed E-state index contributed by atoms with van der Waals surface area (Å²) >= 11 is 1.33. The number of para-hydroxylation sites is 1. The van der Waals surface area contributed by atoms with Crippen molar-refractivity contribution in [3.05, 3.63) is 112 Å². The Morgan fingerprint density at radius 2 is 1.27 bits per heavy atom. The van der Waals surface area contributed by atoms with Crippen molar-refractivity contribution in [1.82, 2.24) is 15.1 Å². The summed E-state index contributed by atoms with van der Waals surface area (Å²) in [6, 6.07) is 30.1. The lowest BCUT2D eigenvalue weighted by molar-refractivity contribution is 0.102. The standard InChI is InChI=1S/C24H22N4OS/c29-23(25-21-14-8-3-9-15-21)24-27-26-22(30-24)18-28(16-19-10-4-1-5-11-19)17-20-12-6-2-7-13-20/h1-15H,16-18H2,(H,25,29). The largest absolute Gasteiger partial charge is 0.320 e. The van der Waals surface area contributed by atoms with Crippen LogP contribution in [0.2, 0.25) is 0 Å². The minimum atomic E-state index is -0.234. The molecule has 0 fully saturated rings. The molecule has 0 saturated heterocycles. The van der Waals surface area contributed by atoms with Crippen molar-refractivity contribution in [1.29, 1.82) is 0 Å². The summed E-state index contributed by atoms with van der Waals surface area (Å²) in [4.78, 5) is 14.8. The zero-order valence-corrected chi connectivity index (χ0v) is 17.3. The Morgan fingerprint density at radius 1 is 0.733 bits per heavy atom. The Kier molecular flexibility index (Phi) is 6.59. The monoisotopic (exact) mass is 414 g/mol. The zero-order chi connectivity index (χ0) is 20.6. The molecule has 0 saturated carbocycles. The number of amides is 1. The number of aromatic nitrogens is 2. The molecule has 0 atom stereocenters. The molecule has 1 heterocycles. The first-order valence-corrected chi connectivity index (χ1v) is 10.6. The number of anilines is 1. The lowest BCUT2D eigenvalue weighted by atomic mass is 10.1. The Balaban J connectivity index is 1.46. The van der Waals surface area contributed by atoms with E-state index in [4.69, 9.17) is 0 Å². The molecule has 0 unspecified atom stereocenters. The molecule has 4 rings (SSSR count). The minimum Gasteiger partial charge on any atom is -0.320 e. The zero-order valence-electron chi connectivity index (χ0n) is 16.4. The fourth-order valence-corrected chi connectivity index (χ4v) is 3.93. The normalized spacial score (nSPS) is 10.8. The van der Waals surface area contributed by atoms with Crippen LogP contribution in [-0.4, -0.2) is 21.0 Å². The van der Waals surface area contributed by atoms with Crippen molar-refractivity contribution in [3.63, 3.8) is 0 Å². The van der Waals surface area contributed by atoms with E-state index >= 15 is 0 Å². The lowest BCUT2D eigenvalue weighted by Gasteiger charge is -2.21. The summed E-state index contributed by atoms with van der Waals surface area (Å²) in [5, 5.41) is 12.4. The van der Waals surface area contributed by atoms with Crippen LogP contribution >= 0.6 is 11.3 Å². The molecule has 0 radical (unpaired) electrons. The van der Waals surface area contributed by atoms with Gasteiger partial charge in [0.25, 0.3) is 5.91 Å². The van der Waals surface area contributed by atoms with Crippen LogP contribution in [0.1, 0.15) is 25.9 Å². The number of hydrogen-bond donors (Lipinski definition) is 1. The summed E-state index contributed by atoms with van der Waals surface area (Å²) < 4.78 is 0. The highest BCUT2D eigenvalue weighted by atomic mass is 32.1. The SMILES string of the molecule is O=C(Nc1ccccc1)c1nnc(CN(Cc2ccccc2)Cc2ccccc2)s1. The minimum absolute atomic E-state index is 0.234. The summed E-state index contributed by atoms with van der Waals surface area (Å²) in [5.74, 6) is -0.234. The van der Waals surface area contributed by atoms with Crippen LogP contribution in [0.3, 0.4) is 0 Å². The predicted octanol–water partition coefficient (Wildman–Crippen LogP) is 4.99. The van der Waals surface area contributed by atoms with Gasteiger partial charge in [-0.1, -0.05) is 90.2 Å². The highest BCUT2D eigenvalue weighted by Crippen LogP contribution is 2.18. The van der Waals surface area contributed by atoms with Crippen LogP contribution in [0.5, 0.6) is 0 Å². The molecule has 4 aromatic rings. The summed E-state index contributed by atoms with van der Waals surface area (Å²) in [6.45, 7) is 2.21. The number of carbonyl (C=O) groups excluding carboxylic acids is 1. The number of nitrogens with zero attached hydrogens (tertiary/aromatic N) is 3. The molecule has 1 N–H and O–H groups in total. The molecule has 5 nitrogen and oxygen atoms in total. The van der Waals surface area contributed by atoms with Gasteiger partial charge in [0.05, 0.1) is 6.54 Å². The Hall–Kier alpha value is -3.35. The fraction of sp³-hybridized carbons (Fsp3) is 0.125. The lowest BCUT2D eigenvalue weighted by Crippen LogP contribution is -2.22. The predicted molar refractivity (Wildman–Crippen MR) is 120 cm³/mol. The topological polar surface area (TPSA) is 58.1 Å². The smallest absolute Gasteiger partial charge is 0.286 e. The second-order valence-corrected chi connectivity index (χ2v) is 8.00. The fourth-order valence-electron chi connectivity index (χ4n) is 3.16. The van der Waals surface area contributed by atoms with Crippen molar-refractivity contribution >= 4 is 22.9 Å². The average Bonchev–Trinajstić information content (AvgIpc) is 3.24. The van der Waals surface area contributed by atoms with E-state index in [0.717, 1.165) is 23.8 Å².